The maximum atomic E-state index is 13.1. The average molecular weight is 447 g/mol. The van der Waals surface area contributed by atoms with Crippen molar-refractivity contribution in [3.8, 4) is 0 Å². The van der Waals surface area contributed by atoms with E-state index in [0.717, 1.165) is 31.5 Å². The summed E-state index contributed by atoms with van der Waals surface area (Å²) in [7, 11) is -3.45. The molecule has 0 bridgehead atoms. The molecule has 2 aromatic rings. The quantitative estimate of drug-likeness (QED) is 0.702. The minimum atomic E-state index is -3.45. The molecule has 3 heterocycles. The van der Waals surface area contributed by atoms with Crippen molar-refractivity contribution < 1.29 is 17.6 Å². The number of benzene rings is 1. The molecule has 1 aromatic heterocycles. The van der Waals surface area contributed by atoms with E-state index < -0.39 is 9.84 Å². The van der Waals surface area contributed by atoms with E-state index in [1.165, 1.54) is 24.6 Å². The molecule has 31 heavy (non-hydrogen) atoms. The molecule has 166 valence electrons. The average Bonchev–Trinajstić information content (AvgIpc) is 3.29. The van der Waals surface area contributed by atoms with Gasteiger partial charge in [-0.3, -0.25) is 4.79 Å². The smallest absolute Gasteiger partial charge is 0.226 e. The predicted octanol–water partition coefficient (Wildman–Crippen LogP) is 2.57. The number of carbonyl (C=O) groups excluding carboxylic acids is 1. The maximum absolute atomic E-state index is 13.1. The first-order valence-electron chi connectivity index (χ1n) is 10.7. The molecular formula is C22H27FN4O3S. The predicted molar refractivity (Wildman–Crippen MR) is 115 cm³/mol. The molecule has 4 rings (SSSR count). The number of hydrogen-bond donors (Lipinski definition) is 0. The van der Waals surface area contributed by atoms with Crippen LogP contribution in [0.4, 0.5) is 10.3 Å². The normalized spacial score (nSPS) is 17.9. The zero-order valence-corrected chi connectivity index (χ0v) is 18.4. The molecule has 2 saturated heterocycles. The number of anilines is 1. The van der Waals surface area contributed by atoms with E-state index in [4.69, 9.17) is 0 Å². The maximum Gasteiger partial charge on any atom is 0.226 e. The van der Waals surface area contributed by atoms with Crippen LogP contribution in [0.1, 0.15) is 42.9 Å². The number of halogens is 1. The fourth-order valence-electron chi connectivity index (χ4n) is 4.31. The van der Waals surface area contributed by atoms with Gasteiger partial charge in [0.2, 0.25) is 11.9 Å². The highest BCUT2D eigenvalue weighted by atomic mass is 32.2. The minimum absolute atomic E-state index is 0.00571. The van der Waals surface area contributed by atoms with Crippen LogP contribution in [0.25, 0.3) is 0 Å². The Kier molecular flexibility index (Phi) is 6.22. The van der Waals surface area contributed by atoms with Gasteiger partial charge in [-0.25, -0.2) is 22.8 Å². The summed E-state index contributed by atoms with van der Waals surface area (Å²) >= 11 is 0. The number of nitrogens with zero attached hydrogens (tertiary/aromatic N) is 4. The van der Waals surface area contributed by atoms with Crippen molar-refractivity contribution in [2.75, 3.05) is 37.3 Å². The second-order valence-corrected chi connectivity index (χ2v) is 10.3. The Hall–Kier alpha value is -2.55. The summed E-state index contributed by atoms with van der Waals surface area (Å²) in [6.07, 6.45) is 6.32. The SMILES string of the molecule is CS(=O)(=O)c1cnc(N2CCCC2)nc1C1CCN(C(=O)Cc2ccc(F)cc2)CC1. The molecule has 0 saturated carbocycles. The summed E-state index contributed by atoms with van der Waals surface area (Å²) in [5.74, 6) is 0.226. The zero-order valence-electron chi connectivity index (χ0n) is 17.6. The Morgan fingerprint density at radius 3 is 2.35 bits per heavy atom. The molecule has 2 aliphatic rings. The van der Waals surface area contributed by atoms with Gasteiger partial charge in [0.15, 0.2) is 9.84 Å². The zero-order chi connectivity index (χ0) is 22.0. The van der Waals surface area contributed by atoms with E-state index >= 15 is 0 Å². The van der Waals surface area contributed by atoms with Crippen molar-refractivity contribution in [2.45, 2.75) is 42.9 Å². The lowest BCUT2D eigenvalue weighted by atomic mass is 9.93. The number of piperidine rings is 1. The Bertz CT molecular complexity index is 1040. The lowest BCUT2D eigenvalue weighted by Crippen LogP contribution is -2.39. The van der Waals surface area contributed by atoms with Gasteiger partial charge in [-0.2, -0.15) is 0 Å². The Morgan fingerprint density at radius 1 is 1.10 bits per heavy atom. The summed E-state index contributed by atoms with van der Waals surface area (Å²) in [5, 5.41) is 0. The van der Waals surface area contributed by atoms with Gasteiger partial charge in [0.25, 0.3) is 0 Å². The van der Waals surface area contributed by atoms with Crippen LogP contribution in [0.3, 0.4) is 0 Å². The van der Waals surface area contributed by atoms with Crippen LogP contribution in [-0.2, 0) is 21.1 Å². The molecule has 0 unspecified atom stereocenters. The first-order valence-corrected chi connectivity index (χ1v) is 12.5. The van der Waals surface area contributed by atoms with E-state index in [2.05, 4.69) is 14.9 Å². The lowest BCUT2D eigenvalue weighted by Gasteiger charge is -2.32. The van der Waals surface area contributed by atoms with Crippen molar-refractivity contribution in [3.63, 3.8) is 0 Å². The van der Waals surface area contributed by atoms with Crippen LogP contribution in [0.5, 0.6) is 0 Å². The molecule has 0 aliphatic carbocycles. The number of carbonyl (C=O) groups is 1. The van der Waals surface area contributed by atoms with Crippen LogP contribution >= 0.6 is 0 Å². The lowest BCUT2D eigenvalue weighted by molar-refractivity contribution is -0.131. The number of likely N-dealkylation sites (tertiary alicyclic amines) is 1. The second kappa shape index (κ2) is 8.90. The standard InChI is InChI=1S/C22H27FN4O3S/c1-31(29,30)19-15-24-22(27-10-2-3-11-27)25-21(19)17-8-12-26(13-9-17)20(28)14-16-4-6-18(23)7-5-16/h4-7,15,17H,2-3,8-14H2,1H3. The molecule has 7 nitrogen and oxygen atoms in total. The first-order chi connectivity index (χ1) is 14.8. The molecule has 0 N–H and O–H groups in total. The molecule has 0 atom stereocenters. The van der Waals surface area contributed by atoms with Gasteiger partial charge in [-0.05, 0) is 43.4 Å². The van der Waals surface area contributed by atoms with E-state index in [9.17, 15) is 17.6 Å². The molecule has 2 fully saturated rings. The Morgan fingerprint density at radius 2 is 1.74 bits per heavy atom. The fraction of sp³-hybridized carbons (Fsp3) is 0.500. The van der Waals surface area contributed by atoms with Crippen LogP contribution in [-0.4, -0.2) is 61.6 Å². The monoisotopic (exact) mass is 446 g/mol. The third-order valence-electron chi connectivity index (χ3n) is 6.06. The van der Waals surface area contributed by atoms with E-state index in [1.807, 2.05) is 0 Å². The number of amides is 1. The molecular weight excluding hydrogens is 419 g/mol. The third kappa shape index (κ3) is 5.03. The van der Waals surface area contributed by atoms with Crippen LogP contribution in [0.15, 0.2) is 35.4 Å². The van der Waals surface area contributed by atoms with Crippen LogP contribution < -0.4 is 4.90 Å². The number of sulfone groups is 1. The summed E-state index contributed by atoms with van der Waals surface area (Å²) in [6, 6.07) is 5.96. The van der Waals surface area contributed by atoms with Gasteiger partial charge in [0.05, 0.1) is 18.3 Å². The highest BCUT2D eigenvalue weighted by Crippen LogP contribution is 2.32. The van der Waals surface area contributed by atoms with E-state index in [0.29, 0.717) is 37.6 Å². The second-order valence-electron chi connectivity index (χ2n) is 8.34. The molecule has 1 aromatic carbocycles. The molecule has 0 radical (unpaired) electrons. The molecule has 1 amide bonds. The van der Waals surface area contributed by atoms with E-state index in [1.54, 1.807) is 17.0 Å². The van der Waals surface area contributed by atoms with Crippen molar-refractivity contribution in [3.05, 3.63) is 47.5 Å². The third-order valence-corrected chi connectivity index (χ3v) is 7.18. The Balaban J connectivity index is 1.47. The highest BCUT2D eigenvalue weighted by molar-refractivity contribution is 7.90. The van der Waals surface area contributed by atoms with Gasteiger partial charge >= 0.3 is 0 Å². The fourth-order valence-corrected chi connectivity index (χ4v) is 5.15. The summed E-state index contributed by atoms with van der Waals surface area (Å²) in [6.45, 7) is 2.84. The Labute approximate surface area is 182 Å². The van der Waals surface area contributed by atoms with Crippen molar-refractivity contribution >= 4 is 21.7 Å². The summed E-state index contributed by atoms with van der Waals surface area (Å²) in [5.41, 5.74) is 1.35. The van der Waals surface area contributed by atoms with Gasteiger partial charge in [-0.15, -0.1) is 0 Å². The summed E-state index contributed by atoms with van der Waals surface area (Å²) < 4.78 is 37.8. The number of rotatable bonds is 5. The van der Waals surface area contributed by atoms with Crippen LogP contribution in [0, 0.1) is 5.82 Å². The minimum Gasteiger partial charge on any atom is -0.342 e. The van der Waals surface area contributed by atoms with Crippen molar-refractivity contribution in [1.82, 2.24) is 14.9 Å². The molecule has 0 spiro atoms. The van der Waals surface area contributed by atoms with Gasteiger partial charge in [-0.1, -0.05) is 12.1 Å². The van der Waals surface area contributed by atoms with Crippen molar-refractivity contribution in [2.24, 2.45) is 0 Å². The number of hydrogen-bond acceptors (Lipinski definition) is 6. The van der Waals surface area contributed by atoms with E-state index in [-0.39, 0.29) is 29.0 Å². The molecule has 9 heteroatoms. The van der Waals surface area contributed by atoms with Gasteiger partial charge in [0.1, 0.15) is 10.7 Å². The first kappa shape index (κ1) is 21.7. The molecule has 2 aliphatic heterocycles. The topological polar surface area (TPSA) is 83.5 Å². The van der Waals surface area contributed by atoms with Crippen LogP contribution in [0.2, 0.25) is 0 Å². The largest absolute Gasteiger partial charge is 0.342 e. The van der Waals surface area contributed by atoms with Gasteiger partial charge in [0, 0.05) is 38.4 Å². The number of aromatic nitrogens is 2. The van der Waals surface area contributed by atoms with Crippen molar-refractivity contribution in [1.29, 1.82) is 0 Å². The highest BCUT2D eigenvalue weighted by Gasteiger charge is 2.30. The summed E-state index contributed by atoms with van der Waals surface area (Å²) in [4.78, 5) is 25.7. The van der Waals surface area contributed by atoms with Gasteiger partial charge < -0.3 is 9.80 Å².